The number of aliphatic hydroxyl groups is 1. The van der Waals surface area contributed by atoms with Crippen LogP contribution in [0, 0.1) is 11.2 Å². The van der Waals surface area contributed by atoms with Crippen LogP contribution in [0.25, 0.3) is 0 Å². The van der Waals surface area contributed by atoms with Gasteiger partial charge in [0.2, 0.25) is 0 Å². The molecule has 0 radical (unpaired) electrons. The van der Waals surface area contributed by atoms with Gasteiger partial charge in [0, 0.05) is 28.7 Å². The van der Waals surface area contributed by atoms with Crippen molar-refractivity contribution in [3.05, 3.63) is 34.1 Å². The highest BCUT2D eigenvalue weighted by molar-refractivity contribution is 9.10. The Morgan fingerprint density at radius 3 is 2.53 bits per heavy atom. The summed E-state index contributed by atoms with van der Waals surface area (Å²) in [4.78, 5) is 0. The van der Waals surface area contributed by atoms with Gasteiger partial charge in [-0.1, -0.05) is 36.7 Å². The summed E-state index contributed by atoms with van der Waals surface area (Å²) in [6.07, 6.45) is 0.656. The van der Waals surface area contributed by atoms with E-state index in [0.29, 0.717) is 12.0 Å². The third-order valence-corrected chi connectivity index (χ3v) is 3.83. The minimum Gasteiger partial charge on any atom is -0.396 e. The van der Waals surface area contributed by atoms with Crippen LogP contribution in [0.2, 0.25) is 0 Å². The fourth-order valence-electron chi connectivity index (χ4n) is 2.13. The Labute approximate surface area is 123 Å². The molecule has 19 heavy (non-hydrogen) atoms. The number of aliphatic hydroxyl groups excluding tert-OH is 1. The van der Waals surface area contributed by atoms with Crippen molar-refractivity contribution < 1.29 is 9.50 Å². The molecule has 2 N–H and O–H groups in total. The van der Waals surface area contributed by atoms with E-state index in [4.69, 9.17) is 5.11 Å². The lowest BCUT2D eigenvalue weighted by atomic mass is 9.84. The first kappa shape index (κ1) is 16.6. The second kappa shape index (κ2) is 6.82. The molecule has 0 aliphatic heterocycles. The van der Waals surface area contributed by atoms with Crippen molar-refractivity contribution in [3.63, 3.8) is 0 Å². The molecule has 1 rings (SSSR count). The molecule has 0 saturated carbocycles. The standard InChI is InChI=1S/C15H23BrFNO/c1-10(12-9-11(16)5-6-13(12)17)18-14(7-8-19)15(2,3)4/h5-6,9-10,14,18-19H,7-8H2,1-4H3. The monoisotopic (exact) mass is 331 g/mol. The van der Waals surface area contributed by atoms with E-state index in [2.05, 4.69) is 42.0 Å². The van der Waals surface area contributed by atoms with Crippen LogP contribution in [0.4, 0.5) is 4.39 Å². The summed E-state index contributed by atoms with van der Waals surface area (Å²) >= 11 is 3.37. The van der Waals surface area contributed by atoms with Crippen molar-refractivity contribution in [2.24, 2.45) is 5.41 Å². The van der Waals surface area contributed by atoms with E-state index in [1.54, 1.807) is 12.1 Å². The third kappa shape index (κ3) is 4.86. The van der Waals surface area contributed by atoms with Crippen LogP contribution in [0.5, 0.6) is 0 Å². The topological polar surface area (TPSA) is 32.3 Å². The van der Waals surface area contributed by atoms with Crippen LogP contribution in [0.3, 0.4) is 0 Å². The molecule has 2 atom stereocenters. The first-order valence-corrected chi connectivity index (χ1v) is 7.37. The van der Waals surface area contributed by atoms with E-state index >= 15 is 0 Å². The highest BCUT2D eigenvalue weighted by atomic mass is 79.9. The zero-order chi connectivity index (χ0) is 14.6. The smallest absolute Gasteiger partial charge is 0.128 e. The minimum absolute atomic E-state index is 0.0134. The van der Waals surface area contributed by atoms with Gasteiger partial charge in [0.15, 0.2) is 0 Å². The SMILES string of the molecule is CC(NC(CCO)C(C)(C)C)c1cc(Br)ccc1F. The van der Waals surface area contributed by atoms with E-state index < -0.39 is 0 Å². The number of benzene rings is 1. The van der Waals surface area contributed by atoms with E-state index in [0.717, 1.165) is 4.47 Å². The second-order valence-electron chi connectivity index (χ2n) is 5.99. The Bertz CT molecular complexity index is 417. The van der Waals surface area contributed by atoms with Gasteiger partial charge in [-0.2, -0.15) is 0 Å². The van der Waals surface area contributed by atoms with Crippen LogP contribution in [0.1, 0.15) is 45.7 Å². The second-order valence-corrected chi connectivity index (χ2v) is 6.90. The molecule has 1 aromatic rings. The van der Waals surface area contributed by atoms with Gasteiger partial charge in [-0.3, -0.25) is 0 Å². The first-order valence-electron chi connectivity index (χ1n) is 6.57. The Morgan fingerprint density at radius 2 is 2.00 bits per heavy atom. The summed E-state index contributed by atoms with van der Waals surface area (Å²) < 4.78 is 14.7. The highest BCUT2D eigenvalue weighted by Gasteiger charge is 2.26. The van der Waals surface area contributed by atoms with E-state index in [1.165, 1.54) is 6.07 Å². The van der Waals surface area contributed by atoms with Crippen LogP contribution in [-0.2, 0) is 0 Å². The molecule has 0 aliphatic rings. The molecule has 0 saturated heterocycles. The van der Waals surface area contributed by atoms with Crippen molar-refractivity contribution in [1.82, 2.24) is 5.32 Å². The fraction of sp³-hybridized carbons (Fsp3) is 0.600. The molecule has 1 aromatic carbocycles. The predicted molar refractivity (Wildman–Crippen MR) is 80.6 cm³/mol. The first-order chi connectivity index (χ1) is 8.75. The summed E-state index contributed by atoms with van der Waals surface area (Å²) in [6, 6.07) is 4.99. The van der Waals surface area contributed by atoms with Crippen LogP contribution >= 0.6 is 15.9 Å². The molecular weight excluding hydrogens is 309 g/mol. The minimum atomic E-state index is -0.208. The van der Waals surface area contributed by atoms with Gasteiger partial charge in [-0.15, -0.1) is 0 Å². The molecule has 4 heteroatoms. The molecule has 0 fully saturated rings. The van der Waals surface area contributed by atoms with Gasteiger partial charge in [0.05, 0.1) is 0 Å². The summed E-state index contributed by atoms with van der Waals surface area (Å²) in [5, 5.41) is 12.6. The van der Waals surface area contributed by atoms with Crippen molar-refractivity contribution >= 4 is 15.9 Å². The van der Waals surface area contributed by atoms with E-state index in [1.807, 2.05) is 6.92 Å². The Kier molecular flexibility index (Phi) is 5.96. The summed E-state index contributed by atoms with van der Waals surface area (Å²) in [5.41, 5.74) is 0.654. The van der Waals surface area contributed by atoms with Gasteiger partial charge >= 0.3 is 0 Å². The van der Waals surface area contributed by atoms with Crippen LogP contribution in [-0.4, -0.2) is 17.8 Å². The number of nitrogens with one attached hydrogen (secondary N) is 1. The zero-order valence-corrected chi connectivity index (χ0v) is 13.6. The van der Waals surface area contributed by atoms with E-state index in [9.17, 15) is 4.39 Å². The molecule has 2 nitrogen and oxygen atoms in total. The highest BCUT2D eigenvalue weighted by Crippen LogP contribution is 2.27. The normalized spacial score (nSPS) is 15.3. The van der Waals surface area contributed by atoms with Gasteiger partial charge < -0.3 is 10.4 Å². The number of rotatable bonds is 5. The van der Waals surface area contributed by atoms with Crippen LogP contribution in [0.15, 0.2) is 22.7 Å². The van der Waals surface area contributed by atoms with Gasteiger partial charge in [-0.05, 0) is 37.0 Å². The third-order valence-electron chi connectivity index (χ3n) is 3.34. The van der Waals surface area contributed by atoms with Crippen molar-refractivity contribution in [1.29, 1.82) is 0 Å². The summed E-state index contributed by atoms with van der Waals surface area (Å²) in [5.74, 6) is -0.208. The molecule has 0 amide bonds. The Morgan fingerprint density at radius 1 is 1.37 bits per heavy atom. The zero-order valence-electron chi connectivity index (χ0n) is 12.0. The van der Waals surface area contributed by atoms with Gasteiger partial charge in [-0.25, -0.2) is 4.39 Å². The van der Waals surface area contributed by atoms with Gasteiger partial charge in [0.25, 0.3) is 0 Å². The molecule has 2 unspecified atom stereocenters. The lowest BCUT2D eigenvalue weighted by molar-refractivity contribution is 0.187. The number of hydrogen-bond donors (Lipinski definition) is 2. The van der Waals surface area contributed by atoms with Crippen LogP contribution < -0.4 is 5.32 Å². The molecule has 0 aliphatic carbocycles. The maximum absolute atomic E-state index is 13.8. The Hall–Kier alpha value is -0.450. The fourth-order valence-corrected chi connectivity index (χ4v) is 2.51. The molecule has 0 aromatic heterocycles. The van der Waals surface area contributed by atoms with Crippen molar-refractivity contribution in [2.45, 2.75) is 46.2 Å². The molecule has 0 bridgehead atoms. The maximum Gasteiger partial charge on any atom is 0.128 e. The summed E-state index contributed by atoms with van der Waals surface area (Å²) in [7, 11) is 0. The molecular formula is C15H23BrFNO. The number of hydrogen-bond acceptors (Lipinski definition) is 2. The lowest BCUT2D eigenvalue weighted by Gasteiger charge is -2.34. The average molecular weight is 332 g/mol. The van der Waals surface area contributed by atoms with Gasteiger partial charge in [0.1, 0.15) is 5.82 Å². The predicted octanol–water partition coefficient (Wildman–Crippen LogP) is 4.04. The summed E-state index contributed by atoms with van der Waals surface area (Å²) in [6.45, 7) is 8.42. The molecule has 0 spiro atoms. The maximum atomic E-state index is 13.8. The average Bonchev–Trinajstić information content (AvgIpc) is 2.30. The number of halogens is 2. The molecule has 108 valence electrons. The Balaban J connectivity index is 2.87. The van der Waals surface area contributed by atoms with E-state index in [-0.39, 0.29) is 29.9 Å². The quantitative estimate of drug-likeness (QED) is 0.853. The lowest BCUT2D eigenvalue weighted by Crippen LogP contribution is -2.42. The van der Waals surface area contributed by atoms with Crippen molar-refractivity contribution in [2.75, 3.05) is 6.61 Å². The molecule has 0 heterocycles. The van der Waals surface area contributed by atoms with Crippen molar-refractivity contribution in [3.8, 4) is 0 Å². The largest absolute Gasteiger partial charge is 0.396 e.